The molecular weight excluding hydrogens is 196 g/mol. The third-order valence-corrected chi connectivity index (χ3v) is 2.88. The second kappa shape index (κ2) is 3.93. The van der Waals surface area contributed by atoms with Crippen molar-refractivity contribution < 1.29 is 13.0 Å². The fourth-order valence-electron chi connectivity index (χ4n) is 0.792. The number of nitrogens with two attached hydrogens (primary N) is 1. The zero-order valence-corrected chi connectivity index (χ0v) is 7.56. The summed E-state index contributed by atoms with van der Waals surface area (Å²) in [4.78, 5) is 0.0953. The van der Waals surface area contributed by atoms with Crippen LogP contribution in [0.2, 0.25) is 0 Å². The molecular formula is C8H9F2NOS. The number of halogens is 2. The van der Waals surface area contributed by atoms with Gasteiger partial charge in [0.2, 0.25) is 0 Å². The third kappa shape index (κ3) is 2.32. The van der Waals surface area contributed by atoms with Gasteiger partial charge in [0.15, 0.2) is 0 Å². The maximum atomic E-state index is 12.8. The average molecular weight is 205 g/mol. The van der Waals surface area contributed by atoms with Crippen molar-refractivity contribution in [2.45, 2.75) is 10.2 Å². The van der Waals surface area contributed by atoms with Crippen LogP contribution in [0.15, 0.2) is 35.2 Å². The summed E-state index contributed by atoms with van der Waals surface area (Å²) in [6, 6.07) is 7.56. The first-order chi connectivity index (χ1) is 6.08. The van der Waals surface area contributed by atoms with Gasteiger partial charge < -0.3 is 5.73 Å². The Balaban J connectivity index is 2.93. The van der Waals surface area contributed by atoms with E-state index < -0.39 is 22.6 Å². The molecule has 5 heteroatoms. The molecule has 0 amide bonds. The highest BCUT2D eigenvalue weighted by Gasteiger charge is 2.35. The Morgan fingerprint density at radius 2 is 1.85 bits per heavy atom. The van der Waals surface area contributed by atoms with E-state index in [1.807, 2.05) is 0 Å². The van der Waals surface area contributed by atoms with E-state index in [9.17, 15) is 13.0 Å². The number of hydrogen-bond acceptors (Lipinski definition) is 2. The molecule has 0 aliphatic rings. The molecule has 2 nitrogen and oxygen atoms in total. The van der Waals surface area contributed by atoms with Gasteiger partial charge in [0.05, 0.1) is 6.54 Å². The van der Waals surface area contributed by atoms with Gasteiger partial charge in [0, 0.05) is 4.90 Å². The van der Waals surface area contributed by atoms with Gasteiger partial charge in [-0.2, -0.15) is 8.78 Å². The third-order valence-electron chi connectivity index (χ3n) is 1.47. The quantitative estimate of drug-likeness (QED) is 0.809. The molecule has 1 aromatic rings. The summed E-state index contributed by atoms with van der Waals surface area (Å²) in [6.45, 7) is -0.908. The van der Waals surface area contributed by atoms with Crippen molar-refractivity contribution in [3.05, 3.63) is 30.3 Å². The lowest BCUT2D eigenvalue weighted by Gasteiger charge is -2.12. The minimum atomic E-state index is -3.35. The lowest BCUT2D eigenvalue weighted by atomic mass is 10.4. The monoisotopic (exact) mass is 205 g/mol. The van der Waals surface area contributed by atoms with Gasteiger partial charge >= 0.3 is 5.25 Å². The first kappa shape index (κ1) is 10.3. The summed E-state index contributed by atoms with van der Waals surface area (Å²) in [6.07, 6.45) is 0. The highest BCUT2D eigenvalue weighted by molar-refractivity contribution is 7.86. The van der Waals surface area contributed by atoms with E-state index in [1.165, 1.54) is 12.1 Å². The van der Waals surface area contributed by atoms with Crippen molar-refractivity contribution in [2.24, 2.45) is 5.73 Å². The van der Waals surface area contributed by atoms with Gasteiger partial charge in [-0.05, 0) is 12.1 Å². The van der Waals surface area contributed by atoms with Gasteiger partial charge in [0.1, 0.15) is 10.8 Å². The zero-order chi connectivity index (χ0) is 9.90. The predicted molar refractivity (Wildman–Crippen MR) is 46.9 cm³/mol. The topological polar surface area (TPSA) is 43.1 Å². The molecule has 0 saturated carbocycles. The molecule has 1 atom stereocenters. The van der Waals surface area contributed by atoms with Crippen LogP contribution in [-0.4, -0.2) is 16.0 Å². The molecule has 1 aromatic carbocycles. The molecule has 72 valence electrons. The largest absolute Gasteiger partial charge is 0.337 e. The summed E-state index contributed by atoms with van der Waals surface area (Å²) in [5.41, 5.74) is 4.80. The first-order valence-corrected chi connectivity index (χ1v) is 4.78. The summed E-state index contributed by atoms with van der Waals surface area (Å²) in [7, 11) is -2.35. The van der Waals surface area contributed by atoms with Crippen LogP contribution in [0, 0.1) is 0 Å². The molecule has 2 N–H and O–H groups in total. The highest BCUT2D eigenvalue weighted by Crippen LogP contribution is 2.23. The maximum Gasteiger partial charge on any atom is 0.337 e. The van der Waals surface area contributed by atoms with Crippen molar-refractivity contribution in [3.8, 4) is 0 Å². The molecule has 0 radical (unpaired) electrons. The van der Waals surface area contributed by atoms with Crippen LogP contribution in [0.1, 0.15) is 0 Å². The molecule has 0 spiro atoms. The van der Waals surface area contributed by atoms with E-state index in [0.29, 0.717) is 0 Å². The molecule has 0 fully saturated rings. The van der Waals surface area contributed by atoms with Gasteiger partial charge in [-0.1, -0.05) is 18.2 Å². The van der Waals surface area contributed by atoms with Crippen LogP contribution >= 0.6 is 0 Å². The number of rotatable bonds is 3. The Bertz CT molecular complexity index is 302. The van der Waals surface area contributed by atoms with Gasteiger partial charge in [-0.15, -0.1) is 0 Å². The second-order valence-electron chi connectivity index (χ2n) is 2.42. The SMILES string of the molecule is NCC(F)(F)S(=O)c1ccccc1. The van der Waals surface area contributed by atoms with Crippen molar-refractivity contribution in [1.29, 1.82) is 0 Å². The lowest BCUT2D eigenvalue weighted by molar-refractivity contribution is 0.109. The zero-order valence-electron chi connectivity index (χ0n) is 6.74. The Kier molecular flexibility index (Phi) is 3.11. The number of hydrogen-bond donors (Lipinski definition) is 1. The van der Waals surface area contributed by atoms with E-state index in [4.69, 9.17) is 5.73 Å². The Morgan fingerprint density at radius 1 is 1.31 bits per heavy atom. The number of benzene rings is 1. The van der Waals surface area contributed by atoms with Gasteiger partial charge in [0.25, 0.3) is 0 Å². The fourth-order valence-corrected chi connectivity index (χ4v) is 1.69. The predicted octanol–water partition coefficient (Wildman–Crippen LogP) is 1.35. The van der Waals surface area contributed by atoms with E-state index in [0.717, 1.165) is 0 Å². The van der Waals surface area contributed by atoms with Crippen molar-refractivity contribution in [1.82, 2.24) is 0 Å². The summed E-state index contributed by atoms with van der Waals surface area (Å²) in [5, 5.41) is -3.35. The van der Waals surface area contributed by atoms with E-state index in [-0.39, 0.29) is 4.90 Å². The molecule has 0 heterocycles. The summed E-state index contributed by atoms with van der Waals surface area (Å²) >= 11 is 0. The summed E-state index contributed by atoms with van der Waals surface area (Å²) < 4.78 is 36.8. The van der Waals surface area contributed by atoms with Crippen LogP contribution in [0.25, 0.3) is 0 Å². The van der Waals surface area contributed by atoms with E-state index >= 15 is 0 Å². The minimum Gasteiger partial charge on any atom is -0.324 e. The Morgan fingerprint density at radius 3 is 2.31 bits per heavy atom. The summed E-state index contributed by atoms with van der Waals surface area (Å²) in [5.74, 6) is 0. The van der Waals surface area contributed by atoms with E-state index in [2.05, 4.69) is 0 Å². The molecule has 1 unspecified atom stereocenters. The Hall–Kier alpha value is -0.810. The highest BCUT2D eigenvalue weighted by atomic mass is 32.2. The van der Waals surface area contributed by atoms with Crippen LogP contribution in [0.4, 0.5) is 8.78 Å². The normalized spacial score (nSPS) is 14.1. The standard InChI is InChI=1S/C8H9F2NOS/c9-8(10,6-11)13(12)7-4-2-1-3-5-7/h1-5H,6,11H2. The van der Waals surface area contributed by atoms with Crippen LogP contribution in [0.5, 0.6) is 0 Å². The molecule has 0 aliphatic carbocycles. The van der Waals surface area contributed by atoms with E-state index in [1.54, 1.807) is 18.2 Å². The van der Waals surface area contributed by atoms with Crippen LogP contribution < -0.4 is 5.73 Å². The van der Waals surface area contributed by atoms with Crippen molar-refractivity contribution in [3.63, 3.8) is 0 Å². The van der Waals surface area contributed by atoms with Gasteiger partial charge in [-0.25, -0.2) is 4.21 Å². The van der Waals surface area contributed by atoms with Crippen LogP contribution in [-0.2, 0) is 10.8 Å². The second-order valence-corrected chi connectivity index (χ2v) is 4.03. The maximum absolute atomic E-state index is 12.8. The molecule has 13 heavy (non-hydrogen) atoms. The van der Waals surface area contributed by atoms with Gasteiger partial charge in [-0.3, -0.25) is 0 Å². The number of alkyl halides is 2. The van der Waals surface area contributed by atoms with Crippen molar-refractivity contribution in [2.75, 3.05) is 6.54 Å². The molecule has 0 aliphatic heterocycles. The van der Waals surface area contributed by atoms with Crippen LogP contribution in [0.3, 0.4) is 0 Å². The molecule has 0 bridgehead atoms. The molecule has 0 saturated heterocycles. The smallest absolute Gasteiger partial charge is 0.324 e. The molecule has 0 aromatic heterocycles. The lowest BCUT2D eigenvalue weighted by Crippen LogP contribution is -2.32. The average Bonchev–Trinajstić information content (AvgIpc) is 2.18. The molecule has 1 rings (SSSR count). The Labute approximate surface area is 77.2 Å². The minimum absolute atomic E-state index is 0.0953. The first-order valence-electron chi connectivity index (χ1n) is 3.63. The fraction of sp³-hybridized carbons (Fsp3) is 0.250. The van der Waals surface area contributed by atoms with Crippen molar-refractivity contribution >= 4 is 10.8 Å².